The van der Waals surface area contributed by atoms with E-state index in [1.165, 1.54) is 0 Å². The van der Waals surface area contributed by atoms with Crippen LogP contribution in [0.3, 0.4) is 0 Å². The maximum absolute atomic E-state index is 11.3. The van der Waals surface area contributed by atoms with Crippen LogP contribution in [0, 0.1) is 5.92 Å². The van der Waals surface area contributed by atoms with E-state index in [9.17, 15) is 4.79 Å². The monoisotopic (exact) mass is 236 g/mol. The van der Waals surface area contributed by atoms with Gasteiger partial charge in [-0.25, -0.2) is 0 Å². The van der Waals surface area contributed by atoms with Crippen molar-refractivity contribution in [2.75, 3.05) is 13.1 Å². The first-order chi connectivity index (χ1) is 5.59. The van der Waals surface area contributed by atoms with Crippen LogP contribution in [0.1, 0.15) is 20.3 Å². The van der Waals surface area contributed by atoms with Gasteiger partial charge in [-0.1, -0.05) is 29.8 Å². The summed E-state index contributed by atoms with van der Waals surface area (Å²) in [6.07, 6.45) is 0.837. The Morgan fingerprint density at radius 2 is 2.17 bits per heavy atom. The molecule has 0 aliphatic rings. The highest BCUT2D eigenvalue weighted by molar-refractivity contribution is 9.10. The SMILES string of the molecule is CC(C)C(Br)C(=O)NCCCN. The molecule has 0 saturated heterocycles. The smallest absolute Gasteiger partial charge is 0.234 e. The molecular formula is C8H17BrN2O. The number of halogens is 1. The first kappa shape index (κ1) is 11.9. The van der Waals surface area contributed by atoms with Gasteiger partial charge in [-0.15, -0.1) is 0 Å². The molecule has 0 aromatic rings. The van der Waals surface area contributed by atoms with Crippen LogP contribution < -0.4 is 11.1 Å². The molecule has 0 rings (SSSR count). The van der Waals surface area contributed by atoms with E-state index in [1.54, 1.807) is 0 Å². The number of carbonyl (C=O) groups is 1. The quantitative estimate of drug-likeness (QED) is 0.550. The summed E-state index contributed by atoms with van der Waals surface area (Å²) in [5.41, 5.74) is 5.29. The number of alkyl halides is 1. The lowest BCUT2D eigenvalue weighted by molar-refractivity contribution is -0.121. The molecule has 72 valence electrons. The summed E-state index contributed by atoms with van der Waals surface area (Å²) in [6.45, 7) is 5.29. The van der Waals surface area contributed by atoms with E-state index in [-0.39, 0.29) is 10.7 Å². The average molecular weight is 237 g/mol. The van der Waals surface area contributed by atoms with Gasteiger partial charge in [-0.3, -0.25) is 4.79 Å². The second-order valence-corrected chi connectivity index (χ2v) is 4.07. The highest BCUT2D eigenvalue weighted by Crippen LogP contribution is 2.11. The zero-order valence-electron chi connectivity index (χ0n) is 7.64. The Hall–Kier alpha value is -0.0900. The van der Waals surface area contributed by atoms with Gasteiger partial charge in [0.25, 0.3) is 0 Å². The summed E-state index contributed by atoms with van der Waals surface area (Å²) in [6, 6.07) is 0. The van der Waals surface area contributed by atoms with Crippen molar-refractivity contribution < 1.29 is 4.79 Å². The van der Waals surface area contributed by atoms with E-state index in [0.717, 1.165) is 6.42 Å². The highest BCUT2D eigenvalue weighted by Gasteiger charge is 2.17. The molecule has 4 heteroatoms. The Balaban J connectivity index is 3.57. The number of hydrogen-bond donors (Lipinski definition) is 2. The van der Waals surface area contributed by atoms with Crippen LogP contribution in [0.2, 0.25) is 0 Å². The molecule has 0 radical (unpaired) electrons. The van der Waals surface area contributed by atoms with Crippen LogP contribution in [0.5, 0.6) is 0 Å². The zero-order chi connectivity index (χ0) is 9.56. The van der Waals surface area contributed by atoms with Crippen LogP contribution in [-0.2, 0) is 4.79 Å². The molecule has 0 spiro atoms. The zero-order valence-corrected chi connectivity index (χ0v) is 9.23. The standard InChI is InChI=1S/C8H17BrN2O/c1-6(2)7(9)8(12)11-5-3-4-10/h6-7H,3-5,10H2,1-2H3,(H,11,12). The lowest BCUT2D eigenvalue weighted by Gasteiger charge is -2.13. The number of nitrogens with two attached hydrogens (primary N) is 1. The van der Waals surface area contributed by atoms with Crippen LogP contribution in [-0.4, -0.2) is 23.8 Å². The number of carbonyl (C=O) groups excluding carboxylic acids is 1. The number of hydrogen-bond acceptors (Lipinski definition) is 2. The van der Waals surface area contributed by atoms with Crippen molar-refractivity contribution in [1.29, 1.82) is 0 Å². The summed E-state index contributed by atoms with van der Waals surface area (Å²) < 4.78 is 0. The predicted octanol–water partition coefficient (Wildman–Crippen LogP) is 0.871. The van der Waals surface area contributed by atoms with E-state index >= 15 is 0 Å². The van der Waals surface area contributed by atoms with Crippen molar-refractivity contribution in [2.45, 2.75) is 25.1 Å². The maximum Gasteiger partial charge on any atom is 0.234 e. The van der Waals surface area contributed by atoms with Crippen LogP contribution in [0.25, 0.3) is 0 Å². The number of nitrogens with one attached hydrogen (secondary N) is 1. The minimum absolute atomic E-state index is 0.0541. The molecule has 0 aromatic heterocycles. The lowest BCUT2D eigenvalue weighted by Crippen LogP contribution is -2.35. The summed E-state index contributed by atoms with van der Waals surface area (Å²) in [7, 11) is 0. The first-order valence-corrected chi connectivity index (χ1v) is 5.13. The predicted molar refractivity (Wildman–Crippen MR) is 54.2 cm³/mol. The third-order valence-corrected chi connectivity index (χ3v) is 2.99. The third kappa shape index (κ3) is 4.72. The molecule has 0 saturated carbocycles. The van der Waals surface area contributed by atoms with E-state index in [4.69, 9.17) is 5.73 Å². The van der Waals surface area contributed by atoms with Gasteiger partial charge in [0.05, 0.1) is 4.83 Å². The fourth-order valence-corrected chi connectivity index (χ4v) is 0.876. The Kier molecular flexibility index (Phi) is 6.38. The number of amides is 1. The Labute approximate surface area is 82.2 Å². The molecule has 1 amide bonds. The van der Waals surface area contributed by atoms with E-state index < -0.39 is 0 Å². The first-order valence-electron chi connectivity index (χ1n) is 4.21. The molecule has 0 aromatic carbocycles. The third-order valence-electron chi connectivity index (χ3n) is 1.52. The van der Waals surface area contributed by atoms with Gasteiger partial charge >= 0.3 is 0 Å². The van der Waals surface area contributed by atoms with Crippen molar-refractivity contribution >= 4 is 21.8 Å². The average Bonchev–Trinajstić information content (AvgIpc) is 2.03. The molecule has 0 heterocycles. The summed E-state index contributed by atoms with van der Waals surface area (Å²) in [5.74, 6) is 0.376. The molecule has 0 fully saturated rings. The molecule has 1 unspecified atom stereocenters. The Morgan fingerprint density at radius 3 is 2.58 bits per heavy atom. The van der Waals surface area contributed by atoms with Crippen LogP contribution >= 0.6 is 15.9 Å². The molecule has 3 nitrogen and oxygen atoms in total. The fourth-order valence-electron chi connectivity index (χ4n) is 0.714. The molecule has 0 aliphatic carbocycles. The second-order valence-electron chi connectivity index (χ2n) is 3.08. The minimum atomic E-state index is -0.0877. The van der Waals surface area contributed by atoms with Crippen molar-refractivity contribution in [1.82, 2.24) is 5.32 Å². The van der Waals surface area contributed by atoms with E-state index in [1.807, 2.05) is 13.8 Å². The highest BCUT2D eigenvalue weighted by atomic mass is 79.9. The number of rotatable bonds is 5. The van der Waals surface area contributed by atoms with Crippen LogP contribution in [0.15, 0.2) is 0 Å². The Morgan fingerprint density at radius 1 is 1.58 bits per heavy atom. The summed E-state index contributed by atoms with van der Waals surface area (Å²) >= 11 is 3.32. The van der Waals surface area contributed by atoms with Gasteiger partial charge in [-0.05, 0) is 18.9 Å². The van der Waals surface area contributed by atoms with Crippen molar-refractivity contribution in [3.05, 3.63) is 0 Å². The second kappa shape index (κ2) is 6.43. The molecule has 3 N–H and O–H groups in total. The topological polar surface area (TPSA) is 55.1 Å². The maximum atomic E-state index is 11.3. The van der Waals surface area contributed by atoms with Crippen molar-refractivity contribution in [2.24, 2.45) is 11.7 Å². The van der Waals surface area contributed by atoms with Gasteiger partial charge in [-0.2, -0.15) is 0 Å². The normalized spacial score (nSPS) is 13.1. The van der Waals surface area contributed by atoms with E-state index in [0.29, 0.717) is 19.0 Å². The fraction of sp³-hybridized carbons (Fsp3) is 0.875. The minimum Gasteiger partial charge on any atom is -0.355 e. The van der Waals surface area contributed by atoms with Gasteiger partial charge in [0.2, 0.25) is 5.91 Å². The van der Waals surface area contributed by atoms with Crippen molar-refractivity contribution in [3.63, 3.8) is 0 Å². The summed E-state index contributed by atoms with van der Waals surface area (Å²) in [4.78, 5) is 11.2. The lowest BCUT2D eigenvalue weighted by atomic mass is 10.1. The van der Waals surface area contributed by atoms with Gasteiger partial charge in [0, 0.05) is 6.54 Å². The molecule has 0 aliphatic heterocycles. The van der Waals surface area contributed by atoms with Crippen LogP contribution in [0.4, 0.5) is 0 Å². The van der Waals surface area contributed by atoms with E-state index in [2.05, 4.69) is 21.2 Å². The van der Waals surface area contributed by atoms with Crippen molar-refractivity contribution in [3.8, 4) is 0 Å². The van der Waals surface area contributed by atoms with Gasteiger partial charge in [0.15, 0.2) is 0 Å². The molecule has 0 bridgehead atoms. The van der Waals surface area contributed by atoms with Gasteiger partial charge < -0.3 is 11.1 Å². The van der Waals surface area contributed by atoms with Gasteiger partial charge in [0.1, 0.15) is 0 Å². The largest absolute Gasteiger partial charge is 0.355 e. The molecular weight excluding hydrogens is 220 g/mol. The Bertz CT molecular complexity index is 139. The molecule has 1 atom stereocenters. The summed E-state index contributed by atoms with van der Waals surface area (Å²) in [5, 5.41) is 2.80. The molecule has 12 heavy (non-hydrogen) atoms.